The van der Waals surface area contributed by atoms with E-state index in [9.17, 15) is 9.59 Å². The molecule has 0 aliphatic heterocycles. The molecule has 1 unspecified atom stereocenters. The number of hydroxylamine groups is 1. The van der Waals surface area contributed by atoms with Crippen LogP contribution in [0, 0.1) is 5.92 Å². The molecule has 0 radical (unpaired) electrons. The second-order valence-corrected chi connectivity index (χ2v) is 4.70. The van der Waals surface area contributed by atoms with Crippen LogP contribution in [-0.4, -0.2) is 18.9 Å². The highest BCUT2D eigenvalue weighted by atomic mass is 16.6. The summed E-state index contributed by atoms with van der Waals surface area (Å²) in [4.78, 5) is 27.3. The topological polar surface area (TPSA) is 81.4 Å². The van der Waals surface area contributed by atoms with E-state index in [1.54, 1.807) is 0 Å². The molecule has 0 aliphatic rings. The zero-order valence-corrected chi connectivity index (χ0v) is 12.2. The van der Waals surface area contributed by atoms with Gasteiger partial charge in [0, 0.05) is 12.0 Å². The Kier molecular flexibility index (Phi) is 9.80. The Morgan fingerprint density at radius 2 is 2.05 bits per heavy atom. The average Bonchev–Trinajstić information content (AvgIpc) is 2.36. The number of primary amides is 1. The number of hydrogen-bond donors (Lipinski definition) is 2. The number of nitrogens with one attached hydrogen (secondary N) is 1. The third-order valence-electron chi connectivity index (χ3n) is 2.98. The van der Waals surface area contributed by atoms with E-state index in [0.717, 1.165) is 25.7 Å². The highest BCUT2D eigenvalue weighted by Crippen LogP contribution is 2.18. The predicted molar refractivity (Wildman–Crippen MR) is 75.0 cm³/mol. The van der Waals surface area contributed by atoms with E-state index in [1.165, 1.54) is 7.11 Å². The standard InChI is InChI=1S/C14H26N2O3/c1-4-5-6-7-8-12(14(18)16-19-3)11(2)9-10-13(15)17/h8,11H,4-7,9-10H2,1-3H3,(H2,15,17)(H,16,18). The Bertz CT molecular complexity index is 314. The van der Waals surface area contributed by atoms with Gasteiger partial charge in [0.2, 0.25) is 5.91 Å². The molecule has 0 aromatic heterocycles. The van der Waals surface area contributed by atoms with E-state index in [1.807, 2.05) is 13.0 Å². The van der Waals surface area contributed by atoms with Crippen LogP contribution in [0.5, 0.6) is 0 Å². The Morgan fingerprint density at radius 1 is 1.37 bits per heavy atom. The number of carbonyl (C=O) groups is 2. The minimum atomic E-state index is -0.343. The van der Waals surface area contributed by atoms with Crippen molar-refractivity contribution in [2.45, 2.75) is 52.4 Å². The molecule has 0 aromatic carbocycles. The lowest BCUT2D eigenvalue weighted by Crippen LogP contribution is -2.27. The zero-order valence-electron chi connectivity index (χ0n) is 12.2. The number of allylic oxidation sites excluding steroid dienone is 1. The van der Waals surface area contributed by atoms with Crippen LogP contribution in [0.25, 0.3) is 0 Å². The fraction of sp³-hybridized carbons (Fsp3) is 0.714. The van der Waals surface area contributed by atoms with Crippen molar-refractivity contribution in [1.82, 2.24) is 5.48 Å². The largest absolute Gasteiger partial charge is 0.370 e. The normalized spacial score (nSPS) is 13.1. The van der Waals surface area contributed by atoms with Gasteiger partial charge in [-0.15, -0.1) is 0 Å². The average molecular weight is 270 g/mol. The molecule has 0 saturated carbocycles. The quantitative estimate of drug-likeness (QED) is 0.362. The molecule has 1 atom stereocenters. The number of amides is 2. The Hall–Kier alpha value is -1.36. The van der Waals surface area contributed by atoms with Gasteiger partial charge < -0.3 is 5.73 Å². The molecule has 2 amide bonds. The maximum Gasteiger partial charge on any atom is 0.270 e. The number of hydrogen-bond acceptors (Lipinski definition) is 3. The Balaban J connectivity index is 4.54. The first-order chi connectivity index (χ1) is 9.02. The van der Waals surface area contributed by atoms with Crippen molar-refractivity contribution in [3.8, 4) is 0 Å². The maximum absolute atomic E-state index is 11.9. The molecule has 0 aromatic rings. The molecule has 0 fully saturated rings. The predicted octanol–water partition coefficient (Wildman–Crippen LogP) is 2.07. The maximum atomic E-state index is 11.9. The molecule has 0 rings (SSSR count). The van der Waals surface area contributed by atoms with Gasteiger partial charge in [-0.3, -0.25) is 14.4 Å². The zero-order chi connectivity index (χ0) is 14.7. The van der Waals surface area contributed by atoms with Gasteiger partial charge in [-0.25, -0.2) is 5.48 Å². The van der Waals surface area contributed by atoms with E-state index in [4.69, 9.17) is 5.73 Å². The summed E-state index contributed by atoms with van der Waals surface area (Å²) in [6.45, 7) is 4.06. The Morgan fingerprint density at radius 3 is 2.58 bits per heavy atom. The highest BCUT2D eigenvalue weighted by Gasteiger charge is 2.17. The lowest BCUT2D eigenvalue weighted by Gasteiger charge is -2.14. The van der Waals surface area contributed by atoms with Gasteiger partial charge in [0.05, 0.1) is 7.11 Å². The molecule has 0 bridgehead atoms. The van der Waals surface area contributed by atoms with Crippen LogP contribution >= 0.6 is 0 Å². The van der Waals surface area contributed by atoms with Crippen LogP contribution in [0.2, 0.25) is 0 Å². The van der Waals surface area contributed by atoms with E-state index in [2.05, 4.69) is 17.2 Å². The number of unbranched alkanes of at least 4 members (excludes halogenated alkanes) is 3. The molecule has 19 heavy (non-hydrogen) atoms. The van der Waals surface area contributed by atoms with Crippen LogP contribution in [0.4, 0.5) is 0 Å². The monoisotopic (exact) mass is 270 g/mol. The molecule has 5 nitrogen and oxygen atoms in total. The third-order valence-corrected chi connectivity index (χ3v) is 2.98. The Labute approximate surface area is 115 Å². The molecular weight excluding hydrogens is 244 g/mol. The van der Waals surface area contributed by atoms with Crippen LogP contribution in [0.3, 0.4) is 0 Å². The molecule has 0 aliphatic carbocycles. The summed E-state index contributed by atoms with van der Waals surface area (Å²) in [5, 5.41) is 0. The van der Waals surface area contributed by atoms with Crippen molar-refractivity contribution in [3.05, 3.63) is 11.6 Å². The molecular formula is C14H26N2O3. The van der Waals surface area contributed by atoms with Crippen molar-refractivity contribution < 1.29 is 14.4 Å². The first-order valence-corrected chi connectivity index (χ1v) is 6.84. The fourth-order valence-electron chi connectivity index (χ4n) is 1.84. The number of rotatable bonds is 10. The van der Waals surface area contributed by atoms with Crippen LogP contribution in [0.15, 0.2) is 11.6 Å². The summed E-state index contributed by atoms with van der Waals surface area (Å²) in [5.74, 6) is -0.593. The van der Waals surface area contributed by atoms with Crippen molar-refractivity contribution in [2.24, 2.45) is 11.7 Å². The molecule has 0 heterocycles. The van der Waals surface area contributed by atoms with Crippen molar-refractivity contribution in [2.75, 3.05) is 7.11 Å². The summed E-state index contributed by atoms with van der Waals surface area (Å²) in [7, 11) is 1.40. The van der Waals surface area contributed by atoms with Gasteiger partial charge in [0.1, 0.15) is 0 Å². The summed E-state index contributed by atoms with van der Waals surface area (Å²) >= 11 is 0. The van der Waals surface area contributed by atoms with Gasteiger partial charge in [-0.1, -0.05) is 32.8 Å². The van der Waals surface area contributed by atoms with Gasteiger partial charge in [0.25, 0.3) is 5.91 Å². The minimum Gasteiger partial charge on any atom is -0.370 e. The van der Waals surface area contributed by atoms with Crippen molar-refractivity contribution in [3.63, 3.8) is 0 Å². The van der Waals surface area contributed by atoms with Crippen LogP contribution in [0.1, 0.15) is 52.4 Å². The lowest BCUT2D eigenvalue weighted by atomic mass is 9.94. The molecule has 5 heteroatoms. The van der Waals surface area contributed by atoms with Crippen LogP contribution < -0.4 is 11.2 Å². The number of carbonyl (C=O) groups excluding carboxylic acids is 2. The van der Waals surface area contributed by atoms with Gasteiger partial charge in [-0.05, 0) is 25.2 Å². The van der Waals surface area contributed by atoms with E-state index >= 15 is 0 Å². The van der Waals surface area contributed by atoms with E-state index in [0.29, 0.717) is 12.0 Å². The second-order valence-electron chi connectivity index (χ2n) is 4.70. The summed E-state index contributed by atoms with van der Waals surface area (Å²) in [6, 6.07) is 0. The van der Waals surface area contributed by atoms with Gasteiger partial charge >= 0.3 is 0 Å². The SMILES string of the molecule is CCCCCC=C(C(=O)NOC)C(C)CCC(N)=O. The molecule has 110 valence electrons. The smallest absolute Gasteiger partial charge is 0.270 e. The highest BCUT2D eigenvalue weighted by molar-refractivity contribution is 5.93. The molecule has 0 saturated heterocycles. The summed E-state index contributed by atoms with van der Waals surface area (Å²) < 4.78 is 0. The summed E-state index contributed by atoms with van der Waals surface area (Å²) in [6.07, 6.45) is 7.01. The van der Waals surface area contributed by atoms with Gasteiger partial charge in [-0.2, -0.15) is 0 Å². The van der Waals surface area contributed by atoms with Crippen molar-refractivity contribution in [1.29, 1.82) is 0 Å². The van der Waals surface area contributed by atoms with E-state index < -0.39 is 0 Å². The first kappa shape index (κ1) is 17.6. The fourth-order valence-corrected chi connectivity index (χ4v) is 1.84. The van der Waals surface area contributed by atoms with Crippen LogP contribution in [-0.2, 0) is 14.4 Å². The third kappa shape index (κ3) is 8.37. The summed E-state index contributed by atoms with van der Waals surface area (Å²) in [5.41, 5.74) is 8.13. The second kappa shape index (κ2) is 10.6. The first-order valence-electron chi connectivity index (χ1n) is 6.84. The van der Waals surface area contributed by atoms with Crippen molar-refractivity contribution >= 4 is 11.8 Å². The van der Waals surface area contributed by atoms with Gasteiger partial charge in [0.15, 0.2) is 0 Å². The minimum absolute atomic E-state index is 0.00993. The lowest BCUT2D eigenvalue weighted by molar-refractivity contribution is -0.128. The molecule has 3 N–H and O–H groups in total. The molecule has 0 spiro atoms. The van der Waals surface area contributed by atoms with E-state index in [-0.39, 0.29) is 24.2 Å². The number of nitrogens with two attached hydrogens (primary N) is 1.